The number of nitrogens with two attached hydrogens (primary N) is 1. The van der Waals surface area contributed by atoms with Crippen molar-refractivity contribution in [3.63, 3.8) is 0 Å². The molecule has 0 saturated heterocycles. The zero-order valence-corrected chi connectivity index (χ0v) is 13.8. The zero-order valence-electron chi connectivity index (χ0n) is 13.0. The van der Waals surface area contributed by atoms with Gasteiger partial charge in [-0.3, -0.25) is 19.4 Å². The van der Waals surface area contributed by atoms with Gasteiger partial charge < -0.3 is 20.2 Å². The van der Waals surface area contributed by atoms with Crippen LogP contribution in [0.5, 0.6) is 0 Å². The highest BCUT2D eigenvalue weighted by Gasteiger charge is 2.21. The second-order valence-electron chi connectivity index (χ2n) is 4.60. The van der Waals surface area contributed by atoms with Crippen molar-refractivity contribution in [2.24, 2.45) is 0 Å². The van der Waals surface area contributed by atoms with Gasteiger partial charge in [-0.05, 0) is 18.6 Å². The third-order valence-corrected chi connectivity index (χ3v) is 4.22. The van der Waals surface area contributed by atoms with E-state index in [1.165, 1.54) is 25.5 Å². The first-order valence-corrected chi connectivity index (χ1v) is 7.83. The van der Waals surface area contributed by atoms with Crippen LogP contribution in [0.25, 0.3) is 0 Å². The molecule has 0 aliphatic carbocycles. The second kappa shape index (κ2) is 7.68. The minimum absolute atomic E-state index is 0.0315. The Labute approximate surface area is 141 Å². The van der Waals surface area contributed by atoms with Crippen LogP contribution in [-0.4, -0.2) is 34.2 Å². The highest BCUT2D eigenvalue weighted by molar-refractivity contribution is 8.00. The maximum Gasteiger partial charge on any atom is 0.319 e. The highest BCUT2D eigenvalue weighted by Crippen LogP contribution is 2.24. The van der Waals surface area contributed by atoms with E-state index in [9.17, 15) is 14.4 Å². The van der Waals surface area contributed by atoms with Crippen molar-refractivity contribution in [2.45, 2.75) is 23.8 Å². The average molecular weight is 352 g/mol. The second-order valence-corrected chi connectivity index (χ2v) is 5.79. The summed E-state index contributed by atoms with van der Waals surface area (Å²) in [4.78, 5) is 42.1. The first-order chi connectivity index (χ1) is 11.5. The highest BCUT2D eigenvalue weighted by atomic mass is 32.2. The molecule has 0 saturated carbocycles. The Bertz CT molecular complexity index is 787. The molecule has 1 atom stereocenters. The van der Waals surface area contributed by atoms with E-state index in [0.717, 1.165) is 11.8 Å². The molecule has 0 aromatic carbocycles. The summed E-state index contributed by atoms with van der Waals surface area (Å²) in [6, 6.07) is 2.98. The Hall–Kier alpha value is -2.75. The average Bonchev–Trinajstić information content (AvgIpc) is 3.09. The molecule has 24 heavy (non-hydrogen) atoms. The number of furan rings is 1. The third-order valence-electron chi connectivity index (χ3n) is 3.00. The number of hydrogen-bond acceptors (Lipinski definition) is 8. The van der Waals surface area contributed by atoms with Crippen LogP contribution in [-0.2, 0) is 9.53 Å². The quantitative estimate of drug-likeness (QED) is 0.401. The van der Waals surface area contributed by atoms with Gasteiger partial charge >= 0.3 is 5.97 Å². The minimum Gasteiger partial charge on any atom is -0.468 e. The zero-order chi connectivity index (χ0) is 17.7. The lowest BCUT2D eigenvalue weighted by molar-refractivity contribution is -0.140. The van der Waals surface area contributed by atoms with Crippen molar-refractivity contribution < 1.29 is 18.7 Å². The molecule has 2 aromatic rings. The summed E-state index contributed by atoms with van der Waals surface area (Å²) < 4.78 is 9.61. The molecule has 0 fully saturated rings. The number of ether oxygens (including phenoxy) is 1. The smallest absolute Gasteiger partial charge is 0.319 e. The summed E-state index contributed by atoms with van der Waals surface area (Å²) in [7, 11) is 1.28. The minimum atomic E-state index is -0.635. The number of carbonyl (C=O) groups excluding carboxylic acids is 2. The van der Waals surface area contributed by atoms with Gasteiger partial charge in [0.2, 0.25) is 0 Å². The predicted octanol–water partition coefficient (Wildman–Crippen LogP) is 1.24. The van der Waals surface area contributed by atoms with E-state index in [2.05, 4.69) is 20.0 Å². The van der Waals surface area contributed by atoms with Gasteiger partial charge in [0.1, 0.15) is 5.25 Å². The standard InChI is InChI=1S/C14H16N4O5S/c1-3-8(13(21)22-2)24-14-17-10(15)9(12(20)18-14)16-11(19)7-5-4-6-23-7/h4-6,8H,3H2,1-2H3,(H,16,19)(H3,15,17,18,20)/t8-/m0/s1. The van der Waals surface area contributed by atoms with Gasteiger partial charge in [0.15, 0.2) is 22.4 Å². The molecular weight excluding hydrogens is 336 g/mol. The molecule has 1 amide bonds. The number of esters is 1. The molecule has 0 spiro atoms. The van der Waals surface area contributed by atoms with Crippen LogP contribution in [0.2, 0.25) is 0 Å². The fourth-order valence-electron chi connectivity index (χ4n) is 1.79. The lowest BCUT2D eigenvalue weighted by Crippen LogP contribution is -2.24. The molecule has 4 N–H and O–H groups in total. The van der Waals surface area contributed by atoms with Gasteiger partial charge in [0.25, 0.3) is 11.5 Å². The van der Waals surface area contributed by atoms with Crippen LogP contribution < -0.4 is 16.6 Å². The van der Waals surface area contributed by atoms with Gasteiger partial charge in [-0.25, -0.2) is 4.98 Å². The fourth-order valence-corrected chi connectivity index (χ4v) is 2.72. The van der Waals surface area contributed by atoms with Crippen molar-refractivity contribution in [3.05, 3.63) is 34.5 Å². The van der Waals surface area contributed by atoms with Gasteiger partial charge in [0, 0.05) is 0 Å². The Kier molecular flexibility index (Phi) is 5.64. The number of methoxy groups -OCH3 is 1. The number of aromatic amines is 1. The molecule has 2 rings (SSSR count). The molecule has 9 nitrogen and oxygen atoms in total. The van der Waals surface area contributed by atoms with Crippen molar-refractivity contribution in [2.75, 3.05) is 18.2 Å². The van der Waals surface area contributed by atoms with Crippen LogP contribution >= 0.6 is 11.8 Å². The Morgan fingerprint density at radius 2 is 2.29 bits per heavy atom. The first-order valence-electron chi connectivity index (χ1n) is 6.95. The van der Waals surface area contributed by atoms with E-state index in [4.69, 9.17) is 10.2 Å². The van der Waals surface area contributed by atoms with E-state index in [0.29, 0.717) is 6.42 Å². The van der Waals surface area contributed by atoms with Gasteiger partial charge in [0.05, 0.1) is 13.4 Å². The van der Waals surface area contributed by atoms with Crippen LogP contribution in [0.15, 0.2) is 32.8 Å². The molecule has 2 heterocycles. The molecule has 2 aromatic heterocycles. The normalized spacial score (nSPS) is 11.8. The number of nitrogens with zero attached hydrogens (tertiary/aromatic N) is 1. The number of aromatic nitrogens is 2. The Morgan fingerprint density at radius 1 is 1.54 bits per heavy atom. The summed E-state index contributed by atoms with van der Waals surface area (Å²) in [6.45, 7) is 1.80. The number of rotatable bonds is 6. The van der Waals surface area contributed by atoms with E-state index < -0.39 is 22.7 Å². The SMILES string of the molecule is CC[C@H](Sc1nc(N)c(NC(=O)c2ccco2)c(=O)[nH]1)C(=O)OC. The lowest BCUT2D eigenvalue weighted by Gasteiger charge is -2.12. The monoisotopic (exact) mass is 352 g/mol. The van der Waals surface area contributed by atoms with E-state index in [1.807, 2.05) is 0 Å². The molecule has 0 aliphatic rings. The Morgan fingerprint density at radius 3 is 2.83 bits per heavy atom. The summed E-state index contributed by atoms with van der Waals surface area (Å²) in [5.41, 5.74) is 4.92. The predicted molar refractivity (Wildman–Crippen MR) is 87.9 cm³/mol. The topological polar surface area (TPSA) is 140 Å². The number of nitrogen functional groups attached to an aromatic ring is 1. The van der Waals surface area contributed by atoms with Gasteiger partial charge in [-0.1, -0.05) is 18.7 Å². The molecule has 0 radical (unpaired) electrons. The van der Waals surface area contributed by atoms with Gasteiger partial charge in [-0.2, -0.15) is 0 Å². The van der Waals surface area contributed by atoms with Crippen LogP contribution in [0.1, 0.15) is 23.9 Å². The number of H-pyrrole nitrogens is 1. The largest absolute Gasteiger partial charge is 0.468 e. The molecular formula is C14H16N4O5S. The Balaban J connectivity index is 2.20. The van der Waals surface area contributed by atoms with Gasteiger partial charge in [-0.15, -0.1) is 0 Å². The van der Waals surface area contributed by atoms with E-state index >= 15 is 0 Å². The number of thioether (sulfide) groups is 1. The molecule has 128 valence electrons. The van der Waals surface area contributed by atoms with Crippen LogP contribution in [0, 0.1) is 0 Å². The van der Waals surface area contributed by atoms with E-state index in [1.54, 1.807) is 6.92 Å². The van der Waals surface area contributed by atoms with Crippen molar-refractivity contribution in [1.29, 1.82) is 0 Å². The maximum atomic E-state index is 12.1. The first kappa shape index (κ1) is 17.6. The third kappa shape index (κ3) is 3.96. The number of carbonyl (C=O) groups is 2. The van der Waals surface area contributed by atoms with Crippen molar-refractivity contribution in [3.8, 4) is 0 Å². The summed E-state index contributed by atoms with van der Waals surface area (Å²) in [6.07, 6.45) is 1.82. The number of hydrogen-bond donors (Lipinski definition) is 3. The number of amides is 1. The van der Waals surface area contributed by atoms with Crippen molar-refractivity contribution in [1.82, 2.24) is 9.97 Å². The lowest BCUT2D eigenvalue weighted by atomic mass is 10.3. The summed E-state index contributed by atoms with van der Waals surface area (Å²) >= 11 is 1.02. The van der Waals surface area contributed by atoms with Crippen molar-refractivity contribution >= 4 is 35.1 Å². The van der Waals surface area contributed by atoms with Crippen LogP contribution in [0.4, 0.5) is 11.5 Å². The maximum absolute atomic E-state index is 12.1. The van der Waals surface area contributed by atoms with E-state index in [-0.39, 0.29) is 22.4 Å². The summed E-state index contributed by atoms with van der Waals surface area (Å²) in [5.74, 6) is -1.19. The molecule has 0 bridgehead atoms. The summed E-state index contributed by atoms with van der Waals surface area (Å²) in [5, 5.41) is 1.98. The molecule has 0 unspecified atom stereocenters. The molecule has 10 heteroatoms. The van der Waals surface area contributed by atoms with Crippen LogP contribution in [0.3, 0.4) is 0 Å². The number of nitrogens with one attached hydrogen (secondary N) is 2. The molecule has 0 aliphatic heterocycles. The number of anilines is 2. The fraction of sp³-hybridized carbons (Fsp3) is 0.286.